The molecule has 1 heteroatoms. The third kappa shape index (κ3) is 5.18. The molecule has 0 unspecified atom stereocenters. The normalized spacial score (nSPS) is 12.2. The molecule has 0 amide bonds. The van der Waals surface area contributed by atoms with Gasteiger partial charge in [0, 0.05) is 0 Å². The van der Waals surface area contributed by atoms with E-state index in [1.54, 1.807) is 0 Å². The second kappa shape index (κ2) is 7.29. The topological polar surface area (TPSA) is 12.0 Å². The van der Waals surface area contributed by atoms with Crippen LogP contribution in [0.1, 0.15) is 38.3 Å². The van der Waals surface area contributed by atoms with E-state index in [9.17, 15) is 0 Å². The Balaban J connectivity index is 2.73. The second-order valence-corrected chi connectivity index (χ2v) is 5.08. The Morgan fingerprint density at radius 1 is 1.35 bits per heavy atom. The van der Waals surface area contributed by atoms with Crippen molar-refractivity contribution in [1.29, 1.82) is 0 Å². The molecule has 0 saturated carbocycles. The summed E-state index contributed by atoms with van der Waals surface area (Å²) in [7, 11) is 1.99. The number of hydrogen-bond donors (Lipinski definition) is 1. The summed E-state index contributed by atoms with van der Waals surface area (Å²) in [6.45, 7) is 7.78. The molecular formula is C16H25N. The highest BCUT2D eigenvalue weighted by Crippen LogP contribution is 2.17. The summed E-state index contributed by atoms with van der Waals surface area (Å²) in [6.07, 6.45) is 4.57. The van der Waals surface area contributed by atoms with Crippen molar-refractivity contribution in [1.82, 2.24) is 5.32 Å². The molecule has 94 valence electrons. The summed E-state index contributed by atoms with van der Waals surface area (Å²) < 4.78 is 0. The van der Waals surface area contributed by atoms with Gasteiger partial charge in [-0.15, -0.1) is 0 Å². The first kappa shape index (κ1) is 14.0. The lowest BCUT2D eigenvalue weighted by molar-refractivity contribution is 0.647. The number of benzene rings is 1. The average molecular weight is 231 g/mol. The molecule has 0 aromatic heterocycles. The largest absolute Gasteiger partial charge is 0.319 e. The minimum atomic E-state index is 0.721. The Morgan fingerprint density at radius 2 is 2.12 bits per heavy atom. The maximum Gasteiger partial charge on any atom is -0.00171 e. The van der Waals surface area contributed by atoms with Gasteiger partial charge in [0.2, 0.25) is 0 Å². The van der Waals surface area contributed by atoms with Crippen LogP contribution >= 0.6 is 0 Å². The van der Waals surface area contributed by atoms with Gasteiger partial charge in [-0.3, -0.25) is 0 Å². The Kier molecular flexibility index (Phi) is 5.99. The van der Waals surface area contributed by atoms with Crippen LogP contribution in [0, 0.1) is 5.92 Å². The third-order valence-corrected chi connectivity index (χ3v) is 2.87. The van der Waals surface area contributed by atoms with E-state index in [2.05, 4.69) is 56.4 Å². The van der Waals surface area contributed by atoms with Crippen molar-refractivity contribution in [2.24, 2.45) is 5.92 Å². The van der Waals surface area contributed by atoms with E-state index >= 15 is 0 Å². The molecule has 0 aliphatic carbocycles. The maximum absolute atomic E-state index is 3.17. The molecule has 1 aromatic carbocycles. The summed E-state index contributed by atoms with van der Waals surface area (Å²) in [5.74, 6) is 0.721. The quantitative estimate of drug-likeness (QED) is 0.732. The first-order chi connectivity index (χ1) is 8.13. The zero-order valence-electron chi connectivity index (χ0n) is 11.6. The molecule has 0 bridgehead atoms. The molecule has 1 N–H and O–H groups in total. The van der Waals surface area contributed by atoms with E-state index in [-0.39, 0.29) is 0 Å². The molecule has 0 fully saturated rings. The van der Waals surface area contributed by atoms with E-state index in [1.165, 1.54) is 16.7 Å². The van der Waals surface area contributed by atoms with E-state index in [4.69, 9.17) is 0 Å². The van der Waals surface area contributed by atoms with Crippen molar-refractivity contribution in [3.8, 4) is 0 Å². The van der Waals surface area contributed by atoms with Gasteiger partial charge in [0.25, 0.3) is 0 Å². The van der Waals surface area contributed by atoms with Crippen LogP contribution < -0.4 is 5.32 Å². The van der Waals surface area contributed by atoms with Crippen molar-refractivity contribution in [3.05, 3.63) is 41.5 Å². The Hall–Kier alpha value is -1.08. The molecular weight excluding hydrogens is 206 g/mol. The summed E-state index contributed by atoms with van der Waals surface area (Å²) in [4.78, 5) is 0. The molecule has 17 heavy (non-hydrogen) atoms. The highest BCUT2D eigenvalue weighted by atomic mass is 14.8. The van der Waals surface area contributed by atoms with Gasteiger partial charge < -0.3 is 5.32 Å². The first-order valence-electron chi connectivity index (χ1n) is 6.54. The van der Waals surface area contributed by atoms with Crippen molar-refractivity contribution in [3.63, 3.8) is 0 Å². The highest BCUT2D eigenvalue weighted by Gasteiger charge is 2.00. The van der Waals surface area contributed by atoms with E-state index < -0.39 is 0 Å². The highest BCUT2D eigenvalue weighted by molar-refractivity contribution is 5.64. The fourth-order valence-electron chi connectivity index (χ4n) is 1.97. The van der Waals surface area contributed by atoms with Crippen LogP contribution in [0.5, 0.6) is 0 Å². The zero-order chi connectivity index (χ0) is 12.7. The standard InChI is InChI=1S/C16H25N/c1-13(2)11-15-8-5-9-16(12-15)14(3)7-6-10-17-4/h5,7-9,12-13,17H,6,10-11H2,1-4H3/b14-7-. The summed E-state index contributed by atoms with van der Waals surface area (Å²) in [5.41, 5.74) is 4.18. The molecule has 1 aromatic rings. The number of allylic oxidation sites excluding steroid dienone is 1. The van der Waals surface area contributed by atoms with Crippen LogP contribution in [-0.4, -0.2) is 13.6 Å². The predicted octanol–water partition coefficient (Wildman–Crippen LogP) is 3.90. The smallest absolute Gasteiger partial charge is 0.00171 e. The van der Waals surface area contributed by atoms with Gasteiger partial charge in [-0.1, -0.05) is 44.2 Å². The lowest BCUT2D eigenvalue weighted by Gasteiger charge is -2.08. The van der Waals surface area contributed by atoms with Crippen LogP contribution in [0.25, 0.3) is 5.57 Å². The van der Waals surface area contributed by atoms with Crippen LogP contribution in [-0.2, 0) is 6.42 Å². The predicted molar refractivity (Wildman–Crippen MR) is 77.2 cm³/mol. The summed E-state index contributed by atoms with van der Waals surface area (Å²) >= 11 is 0. The minimum absolute atomic E-state index is 0.721. The van der Waals surface area contributed by atoms with Crippen LogP contribution in [0.15, 0.2) is 30.3 Å². The Morgan fingerprint density at radius 3 is 2.76 bits per heavy atom. The molecule has 0 radical (unpaired) electrons. The monoisotopic (exact) mass is 231 g/mol. The Labute approximate surface area is 106 Å². The SMILES string of the molecule is CNCC/C=C(/C)c1cccc(CC(C)C)c1. The summed E-state index contributed by atoms with van der Waals surface area (Å²) in [6, 6.07) is 8.92. The first-order valence-corrected chi connectivity index (χ1v) is 6.54. The van der Waals surface area contributed by atoms with Crippen LogP contribution in [0.4, 0.5) is 0 Å². The van der Waals surface area contributed by atoms with E-state index in [0.29, 0.717) is 0 Å². The fourth-order valence-corrected chi connectivity index (χ4v) is 1.97. The molecule has 0 heterocycles. The minimum Gasteiger partial charge on any atom is -0.319 e. The maximum atomic E-state index is 3.17. The van der Waals surface area contributed by atoms with Gasteiger partial charge in [-0.05, 0) is 56.0 Å². The number of nitrogens with one attached hydrogen (secondary N) is 1. The number of rotatable bonds is 6. The Bertz CT molecular complexity index is 364. The van der Waals surface area contributed by atoms with Crippen LogP contribution in [0.3, 0.4) is 0 Å². The van der Waals surface area contributed by atoms with Gasteiger partial charge >= 0.3 is 0 Å². The molecule has 0 saturated heterocycles. The average Bonchev–Trinajstić information content (AvgIpc) is 2.28. The van der Waals surface area contributed by atoms with Crippen molar-refractivity contribution >= 4 is 5.57 Å². The van der Waals surface area contributed by atoms with Gasteiger partial charge in [0.05, 0.1) is 0 Å². The number of hydrogen-bond acceptors (Lipinski definition) is 1. The molecule has 0 spiro atoms. The van der Waals surface area contributed by atoms with Gasteiger partial charge in [0.15, 0.2) is 0 Å². The molecule has 0 atom stereocenters. The van der Waals surface area contributed by atoms with Gasteiger partial charge in [-0.25, -0.2) is 0 Å². The fraction of sp³-hybridized carbons (Fsp3) is 0.500. The van der Waals surface area contributed by atoms with Crippen molar-refractivity contribution < 1.29 is 0 Å². The second-order valence-electron chi connectivity index (χ2n) is 5.08. The molecule has 0 aliphatic heterocycles. The van der Waals surface area contributed by atoms with E-state index in [1.807, 2.05) is 7.05 Å². The van der Waals surface area contributed by atoms with Crippen molar-refractivity contribution in [2.75, 3.05) is 13.6 Å². The zero-order valence-corrected chi connectivity index (χ0v) is 11.6. The molecule has 1 rings (SSSR count). The van der Waals surface area contributed by atoms with Crippen LogP contribution in [0.2, 0.25) is 0 Å². The molecule has 0 aliphatic rings. The molecule has 1 nitrogen and oxygen atoms in total. The van der Waals surface area contributed by atoms with Crippen molar-refractivity contribution in [2.45, 2.75) is 33.6 Å². The van der Waals surface area contributed by atoms with Gasteiger partial charge in [0.1, 0.15) is 0 Å². The summed E-state index contributed by atoms with van der Waals surface area (Å²) in [5, 5.41) is 3.17. The van der Waals surface area contributed by atoms with Gasteiger partial charge in [-0.2, -0.15) is 0 Å². The van der Waals surface area contributed by atoms with E-state index in [0.717, 1.165) is 25.3 Å². The lowest BCUT2D eigenvalue weighted by atomic mass is 9.98. The third-order valence-electron chi connectivity index (χ3n) is 2.87. The lowest BCUT2D eigenvalue weighted by Crippen LogP contribution is -2.06.